The van der Waals surface area contributed by atoms with Crippen LogP contribution in [0.25, 0.3) is 10.2 Å². The molecule has 0 saturated carbocycles. The van der Waals surface area contributed by atoms with Gasteiger partial charge in [-0.3, -0.25) is 9.36 Å². The van der Waals surface area contributed by atoms with Gasteiger partial charge in [-0.15, -0.1) is 11.3 Å². The van der Waals surface area contributed by atoms with E-state index < -0.39 is 6.10 Å². The van der Waals surface area contributed by atoms with Crippen molar-refractivity contribution in [1.29, 1.82) is 5.26 Å². The minimum Gasteiger partial charge on any atom is -0.491 e. The van der Waals surface area contributed by atoms with E-state index in [0.29, 0.717) is 34.2 Å². The maximum Gasteiger partial charge on any atom is 0.262 e. The van der Waals surface area contributed by atoms with Crippen molar-refractivity contribution in [2.45, 2.75) is 44.5 Å². The number of hydrogen-bond donors (Lipinski definition) is 1. The lowest BCUT2D eigenvalue weighted by atomic mass is 10.2. The Balaban J connectivity index is 1.68. The average Bonchev–Trinajstić information content (AvgIpc) is 3.17. The summed E-state index contributed by atoms with van der Waals surface area (Å²) >= 11 is 2.92. The van der Waals surface area contributed by atoms with Crippen LogP contribution < -0.4 is 10.3 Å². The van der Waals surface area contributed by atoms with Crippen LogP contribution in [-0.4, -0.2) is 33.1 Å². The number of thiophene rings is 1. The Bertz CT molecular complexity index is 1070. The molecule has 0 saturated heterocycles. The third kappa shape index (κ3) is 5.18. The lowest BCUT2D eigenvalue weighted by Gasteiger charge is -2.14. The van der Waals surface area contributed by atoms with E-state index in [-0.39, 0.29) is 12.2 Å². The predicted molar refractivity (Wildman–Crippen MR) is 117 cm³/mol. The zero-order valence-corrected chi connectivity index (χ0v) is 18.1. The topological polar surface area (TPSA) is 88.1 Å². The molecule has 0 spiro atoms. The van der Waals surface area contributed by atoms with Crippen LogP contribution in [0.2, 0.25) is 0 Å². The molecule has 3 aromatic rings. The van der Waals surface area contributed by atoms with Crippen molar-refractivity contribution in [3.05, 3.63) is 51.1 Å². The van der Waals surface area contributed by atoms with E-state index in [9.17, 15) is 9.90 Å². The summed E-state index contributed by atoms with van der Waals surface area (Å²) in [5, 5.41) is 20.4. The van der Waals surface area contributed by atoms with Crippen molar-refractivity contribution in [3.8, 4) is 11.8 Å². The molecule has 3 rings (SSSR count). The van der Waals surface area contributed by atoms with Gasteiger partial charge in [-0.1, -0.05) is 25.6 Å². The third-order valence-electron chi connectivity index (χ3n) is 4.29. The van der Waals surface area contributed by atoms with Crippen LogP contribution in [0.15, 0.2) is 40.3 Å². The van der Waals surface area contributed by atoms with Crippen molar-refractivity contribution in [3.63, 3.8) is 0 Å². The molecule has 1 N–H and O–H groups in total. The predicted octanol–water partition coefficient (Wildman–Crippen LogP) is 3.83. The smallest absolute Gasteiger partial charge is 0.262 e. The number of rotatable bonds is 9. The first kappa shape index (κ1) is 21.4. The summed E-state index contributed by atoms with van der Waals surface area (Å²) in [6.07, 6.45) is 0.991. The normalized spacial score (nSPS) is 12.1. The molecule has 6 nitrogen and oxygen atoms in total. The fourth-order valence-electron chi connectivity index (χ4n) is 2.79. The highest BCUT2D eigenvalue weighted by molar-refractivity contribution is 7.99. The first-order chi connectivity index (χ1) is 14.0. The molecule has 29 heavy (non-hydrogen) atoms. The van der Waals surface area contributed by atoms with Crippen LogP contribution in [0.1, 0.15) is 30.7 Å². The number of nitriles is 1. The summed E-state index contributed by atoms with van der Waals surface area (Å²) in [4.78, 5) is 19.5. The number of aliphatic hydroxyl groups excluding tert-OH is 1. The van der Waals surface area contributed by atoms with Crippen LogP contribution in [0.4, 0.5) is 0 Å². The molecule has 0 amide bonds. The second kappa shape index (κ2) is 9.92. The Hall–Kier alpha value is -2.34. The van der Waals surface area contributed by atoms with Gasteiger partial charge in [-0.2, -0.15) is 5.26 Å². The molecule has 8 heteroatoms. The number of aromatic nitrogens is 2. The van der Waals surface area contributed by atoms with Gasteiger partial charge in [0.15, 0.2) is 5.16 Å². The summed E-state index contributed by atoms with van der Waals surface area (Å²) in [7, 11) is 0. The molecule has 0 radical (unpaired) electrons. The summed E-state index contributed by atoms with van der Waals surface area (Å²) in [5.74, 6) is 0.963. The summed E-state index contributed by atoms with van der Waals surface area (Å²) in [5.41, 5.74) is 0.544. The van der Waals surface area contributed by atoms with Crippen molar-refractivity contribution in [2.24, 2.45) is 0 Å². The quantitative estimate of drug-likeness (QED) is 0.411. The van der Waals surface area contributed by atoms with Crippen molar-refractivity contribution in [2.75, 3.05) is 12.4 Å². The van der Waals surface area contributed by atoms with Crippen LogP contribution in [-0.2, 0) is 13.0 Å². The van der Waals surface area contributed by atoms with Gasteiger partial charge in [0.1, 0.15) is 17.2 Å². The monoisotopic (exact) mass is 429 g/mol. The zero-order chi connectivity index (χ0) is 20.8. The van der Waals surface area contributed by atoms with E-state index in [4.69, 9.17) is 15.0 Å². The Morgan fingerprint density at radius 2 is 2.10 bits per heavy atom. The van der Waals surface area contributed by atoms with Crippen molar-refractivity contribution < 1.29 is 9.84 Å². The van der Waals surface area contributed by atoms with E-state index in [1.54, 1.807) is 40.2 Å². The molecule has 1 atom stereocenters. The fourth-order valence-corrected chi connectivity index (χ4v) is 4.73. The van der Waals surface area contributed by atoms with E-state index in [0.717, 1.165) is 22.5 Å². The second-order valence-electron chi connectivity index (χ2n) is 6.55. The molecule has 2 aromatic heterocycles. The average molecular weight is 430 g/mol. The first-order valence-electron chi connectivity index (χ1n) is 9.52. The molecule has 2 heterocycles. The van der Waals surface area contributed by atoms with Gasteiger partial charge in [-0.05, 0) is 43.2 Å². The van der Waals surface area contributed by atoms with Gasteiger partial charge in [0.25, 0.3) is 5.56 Å². The largest absolute Gasteiger partial charge is 0.491 e. The van der Waals surface area contributed by atoms with Crippen LogP contribution in [0.3, 0.4) is 0 Å². The molecular formula is C21H23N3O3S2. The number of fused-ring (bicyclic) bond motifs is 1. The number of hydrogen-bond acceptors (Lipinski definition) is 7. The lowest BCUT2D eigenvalue weighted by molar-refractivity contribution is 0.126. The minimum absolute atomic E-state index is 0.0152. The van der Waals surface area contributed by atoms with Gasteiger partial charge in [-0.25, -0.2) is 4.98 Å². The number of benzene rings is 1. The highest BCUT2D eigenvalue weighted by atomic mass is 32.2. The first-order valence-corrected chi connectivity index (χ1v) is 11.3. The van der Waals surface area contributed by atoms with Crippen LogP contribution in [0.5, 0.6) is 5.75 Å². The number of nitrogens with zero attached hydrogens (tertiary/aromatic N) is 3. The molecule has 0 aliphatic rings. The maximum absolute atomic E-state index is 12.9. The molecular weight excluding hydrogens is 406 g/mol. The van der Waals surface area contributed by atoms with E-state index in [1.165, 1.54) is 11.8 Å². The van der Waals surface area contributed by atoms with Crippen molar-refractivity contribution >= 4 is 33.3 Å². The SMILES string of the molecule is CCCn1c(SCC(O)COc2ccc(C#N)cc2)nc2sc(CC)cc2c1=O. The minimum atomic E-state index is -0.715. The Morgan fingerprint density at radius 3 is 2.76 bits per heavy atom. The van der Waals surface area contributed by atoms with Gasteiger partial charge >= 0.3 is 0 Å². The van der Waals surface area contributed by atoms with E-state index in [2.05, 4.69) is 13.0 Å². The summed E-state index contributed by atoms with van der Waals surface area (Å²) < 4.78 is 7.29. The summed E-state index contributed by atoms with van der Waals surface area (Å²) in [6, 6.07) is 10.7. The van der Waals surface area contributed by atoms with Gasteiger partial charge in [0, 0.05) is 17.2 Å². The van der Waals surface area contributed by atoms with Gasteiger partial charge in [0.05, 0.1) is 23.1 Å². The van der Waals surface area contributed by atoms with E-state index in [1.807, 2.05) is 13.0 Å². The highest BCUT2D eigenvalue weighted by Crippen LogP contribution is 2.25. The number of aliphatic hydroxyl groups is 1. The van der Waals surface area contributed by atoms with Crippen LogP contribution >= 0.6 is 23.1 Å². The molecule has 0 fully saturated rings. The number of ether oxygens (including phenoxy) is 1. The lowest BCUT2D eigenvalue weighted by Crippen LogP contribution is -2.24. The van der Waals surface area contributed by atoms with Crippen LogP contribution in [0, 0.1) is 11.3 Å². The highest BCUT2D eigenvalue weighted by Gasteiger charge is 2.15. The molecule has 1 unspecified atom stereocenters. The summed E-state index contributed by atoms with van der Waals surface area (Å²) in [6.45, 7) is 4.81. The zero-order valence-electron chi connectivity index (χ0n) is 16.4. The standard InChI is InChI=1S/C21H23N3O3S2/c1-3-9-24-20(26)18-10-17(4-2)29-19(18)23-21(24)28-13-15(25)12-27-16-7-5-14(11-22)6-8-16/h5-8,10,15,25H,3-4,9,12-13H2,1-2H3. The van der Waals surface area contributed by atoms with Gasteiger partial charge in [0.2, 0.25) is 0 Å². The molecule has 1 aromatic carbocycles. The molecule has 0 aliphatic heterocycles. The molecule has 0 aliphatic carbocycles. The Kier molecular flexibility index (Phi) is 7.31. The molecule has 0 bridgehead atoms. The maximum atomic E-state index is 12.9. The van der Waals surface area contributed by atoms with E-state index >= 15 is 0 Å². The Labute approximate surface area is 177 Å². The van der Waals surface area contributed by atoms with Gasteiger partial charge < -0.3 is 9.84 Å². The third-order valence-corrected chi connectivity index (χ3v) is 6.59. The number of thioether (sulfide) groups is 1. The second-order valence-corrected chi connectivity index (χ2v) is 8.65. The Morgan fingerprint density at radius 1 is 1.34 bits per heavy atom. The van der Waals surface area contributed by atoms with Crippen molar-refractivity contribution in [1.82, 2.24) is 9.55 Å². The molecule has 152 valence electrons. The number of aryl methyl sites for hydroxylation is 1. The fraction of sp³-hybridized carbons (Fsp3) is 0.381.